The average Bonchev–Trinajstić information content (AvgIpc) is 3.73. The van der Waals surface area contributed by atoms with Crippen molar-refractivity contribution >= 4 is 23.5 Å². The van der Waals surface area contributed by atoms with Crippen molar-refractivity contribution in [3.8, 4) is 17.6 Å². The summed E-state index contributed by atoms with van der Waals surface area (Å²) in [5.41, 5.74) is 10.1. The molecular weight excluding hydrogens is 654 g/mol. The Morgan fingerprint density at radius 2 is 1.60 bits per heavy atom. The summed E-state index contributed by atoms with van der Waals surface area (Å²) in [6, 6.07) is 30.8. The number of benzene rings is 4. The number of rotatable bonds is 8. The lowest BCUT2D eigenvalue weighted by Crippen LogP contribution is -2.52. The van der Waals surface area contributed by atoms with E-state index in [2.05, 4.69) is 11.8 Å². The predicted molar refractivity (Wildman–Crippen MR) is 195 cm³/mol. The molecule has 260 valence electrons. The van der Waals surface area contributed by atoms with Crippen LogP contribution in [0, 0.1) is 18.8 Å². The van der Waals surface area contributed by atoms with Crippen LogP contribution in [0.2, 0.25) is 0 Å². The van der Waals surface area contributed by atoms with E-state index >= 15 is 0 Å². The van der Waals surface area contributed by atoms with Gasteiger partial charge in [0.2, 0.25) is 5.91 Å². The molecule has 7 rings (SSSR count). The van der Waals surface area contributed by atoms with Gasteiger partial charge in [-0.15, -0.1) is 0 Å². The van der Waals surface area contributed by atoms with Crippen LogP contribution in [-0.4, -0.2) is 53.5 Å². The molecule has 2 aliphatic rings. The number of ether oxygens (including phenoxy) is 1. The fourth-order valence-corrected chi connectivity index (χ4v) is 7.31. The molecule has 2 N–H and O–H groups in total. The second-order valence-electron chi connectivity index (χ2n) is 13.2. The van der Waals surface area contributed by atoms with Crippen molar-refractivity contribution in [3.05, 3.63) is 159 Å². The molecule has 0 aliphatic carbocycles. The molecule has 1 aromatic heterocycles. The molecule has 1 spiro atoms. The number of primary amides is 1. The van der Waals surface area contributed by atoms with Gasteiger partial charge in [0.1, 0.15) is 5.75 Å². The minimum absolute atomic E-state index is 0.0201. The summed E-state index contributed by atoms with van der Waals surface area (Å²) in [7, 11) is 1.62. The number of piperidine rings is 1. The van der Waals surface area contributed by atoms with E-state index in [0.29, 0.717) is 55.1 Å². The molecule has 9 nitrogen and oxygen atoms in total. The van der Waals surface area contributed by atoms with Crippen LogP contribution in [0.15, 0.2) is 108 Å². The molecule has 0 radical (unpaired) electrons. The third-order valence-corrected chi connectivity index (χ3v) is 10.0. The van der Waals surface area contributed by atoms with Gasteiger partial charge in [-0.05, 0) is 84.8 Å². The van der Waals surface area contributed by atoms with Gasteiger partial charge < -0.3 is 24.7 Å². The summed E-state index contributed by atoms with van der Waals surface area (Å²) in [5, 5.41) is 0. The zero-order valence-corrected chi connectivity index (χ0v) is 29.0. The minimum atomic E-state index is -0.751. The smallest absolute Gasteiger partial charge is 0.289 e. The fraction of sp³-hybridized carbons (Fsp3) is 0.209. The zero-order valence-electron chi connectivity index (χ0n) is 29.0. The van der Waals surface area contributed by atoms with Crippen LogP contribution in [0.25, 0.3) is 0 Å². The number of aryl methyl sites for hydroxylation is 1. The van der Waals surface area contributed by atoms with E-state index in [9.17, 15) is 19.2 Å². The normalized spacial score (nSPS) is 14.5. The van der Waals surface area contributed by atoms with E-state index in [0.717, 1.165) is 22.3 Å². The van der Waals surface area contributed by atoms with Crippen molar-refractivity contribution in [2.45, 2.75) is 38.3 Å². The lowest BCUT2D eigenvalue weighted by Gasteiger charge is -2.45. The SMILES string of the molecule is COc1cc(C)ccc1CN1C(=O)c2ccc(CC(=O)c3ccccc3C(N)=O)cc2C12CCN(C(=O)c1ccc(C#Cc3ccccc3)o1)CC2. The number of Topliss-reactive ketones (excluding diaryl/α,β-unsaturated/α-hetero) is 1. The van der Waals surface area contributed by atoms with Crippen LogP contribution in [0.4, 0.5) is 0 Å². The summed E-state index contributed by atoms with van der Waals surface area (Å²) in [5.74, 6) is 6.04. The maximum atomic E-state index is 14.3. The number of likely N-dealkylation sites (tertiary alicyclic amines) is 1. The first-order valence-corrected chi connectivity index (χ1v) is 17.1. The van der Waals surface area contributed by atoms with Gasteiger partial charge in [0, 0.05) is 47.3 Å². The molecule has 0 bridgehead atoms. The largest absolute Gasteiger partial charge is 0.496 e. The van der Waals surface area contributed by atoms with E-state index in [4.69, 9.17) is 14.9 Å². The number of nitrogens with two attached hydrogens (primary N) is 1. The summed E-state index contributed by atoms with van der Waals surface area (Å²) in [4.78, 5) is 57.1. The number of ketones is 1. The third kappa shape index (κ3) is 6.47. The Hall–Kier alpha value is -6.40. The highest BCUT2D eigenvalue weighted by molar-refractivity contribution is 6.08. The van der Waals surface area contributed by atoms with Crippen LogP contribution in [0.1, 0.15) is 88.0 Å². The molecule has 1 saturated heterocycles. The van der Waals surface area contributed by atoms with Crippen molar-refractivity contribution in [3.63, 3.8) is 0 Å². The molecular formula is C43H37N3O6. The van der Waals surface area contributed by atoms with Crippen molar-refractivity contribution in [1.82, 2.24) is 9.80 Å². The number of amides is 3. The summed E-state index contributed by atoms with van der Waals surface area (Å²) >= 11 is 0. The maximum Gasteiger partial charge on any atom is 0.289 e. The highest BCUT2D eigenvalue weighted by atomic mass is 16.5. The number of carbonyl (C=O) groups excluding carboxylic acids is 4. The fourth-order valence-electron chi connectivity index (χ4n) is 7.31. The highest BCUT2D eigenvalue weighted by Crippen LogP contribution is 2.48. The molecule has 2 aliphatic heterocycles. The molecule has 3 amide bonds. The Kier molecular flexibility index (Phi) is 9.22. The summed E-state index contributed by atoms with van der Waals surface area (Å²) < 4.78 is 11.6. The molecule has 1 fully saturated rings. The van der Waals surface area contributed by atoms with Gasteiger partial charge in [-0.1, -0.05) is 66.6 Å². The Morgan fingerprint density at radius 1 is 0.865 bits per heavy atom. The van der Waals surface area contributed by atoms with Crippen molar-refractivity contribution in [2.24, 2.45) is 5.73 Å². The second kappa shape index (κ2) is 14.1. The number of hydrogen-bond acceptors (Lipinski definition) is 6. The van der Waals surface area contributed by atoms with Gasteiger partial charge in [0.25, 0.3) is 11.8 Å². The predicted octanol–water partition coefficient (Wildman–Crippen LogP) is 6.31. The minimum Gasteiger partial charge on any atom is -0.496 e. The van der Waals surface area contributed by atoms with Gasteiger partial charge in [0.05, 0.1) is 19.2 Å². The van der Waals surface area contributed by atoms with Crippen LogP contribution in [-0.2, 0) is 18.5 Å². The van der Waals surface area contributed by atoms with E-state index < -0.39 is 11.4 Å². The first-order chi connectivity index (χ1) is 25.2. The Morgan fingerprint density at radius 3 is 2.33 bits per heavy atom. The summed E-state index contributed by atoms with van der Waals surface area (Å²) in [6.45, 7) is 3.02. The van der Waals surface area contributed by atoms with Crippen LogP contribution >= 0.6 is 0 Å². The van der Waals surface area contributed by atoms with Crippen molar-refractivity contribution in [1.29, 1.82) is 0 Å². The molecule has 5 aromatic rings. The van der Waals surface area contributed by atoms with Gasteiger partial charge >= 0.3 is 0 Å². The van der Waals surface area contributed by atoms with Crippen LogP contribution in [0.3, 0.4) is 0 Å². The van der Waals surface area contributed by atoms with E-state index in [1.165, 1.54) is 0 Å². The summed E-state index contributed by atoms with van der Waals surface area (Å²) in [6.07, 6.45) is 0.954. The third-order valence-electron chi connectivity index (χ3n) is 10.0. The average molecular weight is 692 g/mol. The van der Waals surface area contributed by atoms with E-state index in [-0.39, 0.29) is 40.9 Å². The molecule has 0 atom stereocenters. The standard InChI is InChI=1S/C43H37N3O6/c1-28-12-15-31(39(24-28)51-2)27-46-41(49)35-18-14-30(26-37(47)33-10-6-7-11-34(33)40(44)48)25-36(35)43(46)20-22-45(23-21-43)42(50)38-19-17-32(52-38)16-13-29-8-4-3-5-9-29/h3-12,14-15,17-19,24-25H,20-23,26-27H2,1-2H3,(H2,44,48). The molecule has 4 aromatic carbocycles. The van der Waals surface area contributed by atoms with Crippen LogP contribution < -0.4 is 10.5 Å². The lowest BCUT2D eigenvalue weighted by molar-refractivity contribution is 0.0211. The number of hydrogen-bond donors (Lipinski definition) is 1. The molecule has 0 saturated carbocycles. The number of carbonyl (C=O) groups is 4. The Labute approximate surface area is 302 Å². The van der Waals surface area contributed by atoms with E-state index in [1.54, 1.807) is 60.5 Å². The highest BCUT2D eigenvalue weighted by Gasteiger charge is 2.51. The molecule has 0 unspecified atom stereocenters. The Balaban J connectivity index is 1.18. The van der Waals surface area contributed by atoms with Crippen LogP contribution in [0.5, 0.6) is 5.75 Å². The number of fused-ring (bicyclic) bond motifs is 2. The van der Waals surface area contributed by atoms with Gasteiger partial charge in [-0.25, -0.2) is 0 Å². The quantitative estimate of drug-likeness (QED) is 0.150. The monoisotopic (exact) mass is 691 g/mol. The molecule has 9 heteroatoms. The van der Waals surface area contributed by atoms with Gasteiger partial charge in [-0.2, -0.15) is 0 Å². The molecule has 52 heavy (non-hydrogen) atoms. The molecule has 3 heterocycles. The lowest BCUT2D eigenvalue weighted by atomic mass is 9.79. The van der Waals surface area contributed by atoms with Gasteiger partial charge in [-0.3, -0.25) is 19.2 Å². The van der Waals surface area contributed by atoms with Crippen molar-refractivity contribution < 1.29 is 28.3 Å². The zero-order chi connectivity index (χ0) is 36.4. The van der Waals surface area contributed by atoms with Crippen molar-refractivity contribution in [2.75, 3.05) is 20.2 Å². The Bertz CT molecular complexity index is 2270. The number of nitrogens with zero attached hydrogens (tertiary/aromatic N) is 2. The maximum absolute atomic E-state index is 14.3. The first kappa shape index (κ1) is 34.1. The topological polar surface area (TPSA) is 123 Å². The second-order valence-corrected chi connectivity index (χ2v) is 13.2. The van der Waals surface area contributed by atoms with E-state index in [1.807, 2.05) is 66.4 Å². The number of furan rings is 1. The van der Waals surface area contributed by atoms with Gasteiger partial charge in [0.15, 0.2) is 17.3 Å². The number of methoxy groups -OCH3 is 1. The first-order valence-electron chi connectivity index (χ1n) is 17.1.